The fourth-order valence-corrected chi connectivity index (χ4v) is 21.7. The summed E-state index contributed by atoms with van der Waals surface area (Å²) < 4.78 is 0. The van der Waals surface area contributed by atoms with Gasteiger partial charge in [-0.05, 0) is 316 Å². The van der Waals surface area contributed by atoms with Crippen LogP contribution < -0.4 is 0 Å². The highest BCUT2D eigenvalue weighted by Crippen LogP contribution is 2.52. The third-order valence-corrected chi connectivity index (χ3v) is 28.5. The van der Waals surface area contributed by atoms with Crippen molar-refractivity contribution >= 4 is 70.8 Å². The lowest BCUT2D eigenvalue weighted by atomic mass is 9.83. The predicted molar refractivity (Wildman–Crippen MR) is 608 cm³/mol. The molecule has 0 aliphatic rings. The molecule has 25 rings (SSSR count). The van der Waals surface area contributed by atoms with Gasteiger partial charge < -0.3 is 0 Å². The van der Waals surface area contributed by atoms with Gasteiger partial charge in [0, 0.05) is 68.6 Å². The van der Waals surface area contributed by atoms with Gasteiger partial charge >= 0.3 is 0 Å². The fourth-order valence-electron chi connectivity index (χ4n) is 21.7. The summed E-state index contributed by atoms with van der Waals surface area (Å²) in [7, 11) is 0. The quantitative estimate of drug-likeness (QED) is 0.0382. The number of aromatic nitrogens is 6. The molecule has 5 heterocycles. The van der Waals surface area contributed by atoms with Crippen LogP contribution in [-0.4, -0.2) is 29.9 Å². The number of fused-ring (bicyclic) bond motifs is 6. The minimum absolute atomic E-state index is 0.858. The van der Waals surface area contributed by atoms with E-state index in [0.29, 0.717) is 0 Å². The van der Waals surface area contributed by atoms with Gasteiger partial charge in [0.25, 0.3) is 0 Å². The standard InChI is InChI=1S/C139H92N6/c1-90(106-44-15-23-52-114(106)118-68-64-98(132-58-27-31-74-140-132)85-126(118)92-36-7-3-8-37-92)78-102(79-91(2)107-45-16-24-53-115(107)119-69-65-99(133-59-28-32-75-141-133)86-127(119)93-38-9-4-10-39-93)110-48-19-17-46-108(110)96-62-72-124-130(83-96)122-56-35-57-123-131-84-97(63-73-125(131)139-137(136(122)123)138(124)144-89-145-139)109-47-18-20-49-111(109)103-80-104(112-50-21-25-54-116(112)120-70-66-100(134-60-29-33-76-142-134)87-128(120)94-40-11-5-12-41-94)82-105(81-103)113-51-22-26-55-117(113)121-71-67-101(135-61-30-34-77-143-135)88-129(121)95-42-13-6-14-43-95/h3-89H,1H2,2H3/b91-79+,102-78+. The summed E-state index contributed by atoms with van der Waals surface area (Å²) in [6, 6.07) is 176. The first-order valence-corrected chi connectivity index (χ1v) is 49.3. The number of benzene rings is 20. The van der Waals surface area contributed by atoms with E-state index in [9.17, 15) is 0 Å². The number of allylic oxidation sites excluding steroid dienone is 5. The van der Waals surface area contributed by atoms with Crippen LogP contribution in [0.1, 0.15) is 23.6 Å². The Morgan fingerprint density at radius 2 is 0.476 bits per heavy atom. The first-order valence-electron chi connectivity index (χ1n) is 49.3. The molecule has 0 fully saturated rings. The van der Waals surface area contributed by atoms with Crippen molar-refractivity contribution in [1.82, 2.24) is 29.9 Å². The summed E-state index contributed by atoms with van der Waals surface area (Å²) in [5.74, 6) is 0. The zero-order valence-corrected chi connectivity index (χ0v) is 79.6. The summed E-state index contributed by atoms with van der Waals surface area (Å²) in [6.07, 6.45) is 13.9. The van der Waals surface area contributed by atoms with E-state index in [4.69, 9.17) is 36.5 Å². The Labute approximate surface area is 843 Å². The Balaban J connectivity index is 0.647. The summed E-state index contributed by atoms with van der Waals surface area (Å²) in [6.45, 7) is 7.36. The second kappa shape index (κ2) is 38.2. The Morgan fingerprint density at radius 1 is 0.179 bits per heavy atom. The van der Waals surface area contributed by atoms with Crippen LogP contribution in [0.25, 0.3) is 261 Å². The van der Waals surface area contributed by atoms with Crippen LogP contribution in [0.2, 0.25) is 0 Å². The van der Waals surface area contributed by atoms with Gasteiger partial charge in [-0.2, -0.15) is 0 Å². The normalized spacial score (nSPS) is 11.7. The fraction of sp³-hybridized carbons (Fsp3) is 0.00719. The van der Waals surface area contributed by atoms with Crippen molar-refractivity contribution in [3.05, 3.63) is 552 Å². The molecule has 0 bridgehead atoms. The van der Waals surface area contributed by atoms with Crippen LogP contribution in [0.3, 0.4) is 0 Å². The first kappa shape index (κ1) is 87.4. The number of pyridine rings is 4. The minimum Gasteiger partial charge on any atom is -0.256 e. The highest BCUT2D eigenvalue weighted by atomic mass is 14.8. The summed E-state index contributed by atoms with van der Waals surface area (Å²) >= 11 is 0. The van der Waals surface area contributed by atoms with E-state index in [0.717, 1.165) is 277 Å². The zero-order chi connectivity index (χ0) is 96.6. The third kappa shape index (κ3) is 16.6. The van der Waals surface area contributed by atoms with Gasteiger partial charge in [0.2, 0.25) is 0 Å². The number of nitrogens with zero attached hydrogens (tertiary/aromatic N) is 6. The van der Waals surface area contributed by atoms with Crippen molar-refractivity contribution in [2.45, 2.75) is 6.92 Å². The Morgan fingerprint density at radius 3 is 0.862 bits per heavy atom. The van der Waals surface area contributed by atoms with E-state index in [1.54, 1.807) is 6.33 Å². The SMILES string of the molecule is C=C(/C=C(\C=C(/C)c1ccccc1-c1ccc(-c2ccccn2)cc1-c1ccccc1)c1ccccc1-c1ccc2c(c1)c1cccc3c4cc(-c5ccccc5-c5cc(-c6ccccc6-c6ccc(-c7ccccn7)cc6-c6ccccc6)cc(-c6ccccc6-c6ccc(-c7ccccn7)cc6-c6ccccc6)c5)ccc4c4ncnc2c4c13)c1ccccc1-c1ccc(-c2ccccn2)cc1-c1ccccc1. The van der Waals surface area contributed by atoms with Gasteiger partial charge in [0.1, 0.15) is 6.33 Å². The monoisotopic (exact) mass is 1840 g/mol. The second-order valence-corrected chi connectivity index (χ2v) is 37.1. The third-order valence-electron chi connectivity index (χ3n) is 28.5. The van der Waals surface area contributed by atoms with Crippen molar-refractivity contribution in [2.75, 3.05) is 0 Å². The lowest BCUT2D eigenvalue weighted by Crippen LogP contribution is -1.96. The van der Waals surface area contributed by atoms with Crippen molar-refractivity contribution in [1.29, 1.82) is 0 Å². The Hall–Kier alpha value is -19.1. The molecule has 0 unspecified atom stereocenters. The van der Waals surface area contributed by atoms with Crippen LogP contribution in [-0.2, 0) is 0 Å². The van der Waals surface area contributed by atoms with Crippen molar-refractivity contribution in [2.24, 2.45) is 0 Å². The molecule has 0 saturated heterocycles. The summed E-state index contributed by atoms with van der Waals surface area (Å²) in [5.41, 5.74) is 44.4. The van der Waals surface area contributed by atoms with Crippen LogP contribution in [0.15, 0.2) is 535 Å². The van der Waals surface area contributed by atoms with Gasteiger partial charge in [-0.15, -0.1) is 0 Å². The van der Waals surface area contributed by atoms with Crippen molar-refractivity contribution < 1.29 is 0 Å². The number of hydrogen-bond acceptors (Lipinski definition) is 6. The molecule has 145 heavy (non-hydrogen) atoms. The molecule has 0 aliphatic carbocycles. The maximum Gasteiger partial charge on any atom is 0.116 e. The molecular weight excluding hydrogens is 1750 g/mol. The van der Waals surface area contributed by atoms with E-state index in [-0.39, 0.29) is 0 Å². The molecule has 0 N–H and O–H groups in total. The molecule has 5 aromatic heterocycles. The van der Waals surface area contributed by atoms with E-state index >= 15 is 0 Å². The van der Waals surface area contributed by atoms with Gasteiger partial charge in [-0.3, -0.25) is 19.9 Å². The highest BCUT2D eigenvalue weighted by Gasteiger charge is 2.27. The van der Waals surface area contributed by atoms with Gasteiger partial charge in [0.15, 0.2) is 0 Å². The molecule has 25 aromatic rings. The zero-order valence-electron chi connectivity index (χ0n) is 79.6. The van der Waals surface area contributed by atoms with Crippen LogP contribution >= 0.6 is 0 Å². The maximum absolute atomic E-state index is 5.31. The van der Waals surface area contributed by atoms with Gasteiger partial charge in [-0.25, -0.2) is 9.97 Å². The topological polar surface area (TPSA) is 77.3 Å². The molecule has 0 saturated carbocycles. The summed E-state index contributed by atoms with van der Waals surface area (Å²) in [4.78, 5) is 30.0. The van der Waals surface area contributed by atoms with Crippen LogP contribution in [0, 0.1) is 0 Å². The average Bonchev–Trinajstić information content (AvgIpc) is 0.697. The van der Waals surface area contributed by atoms with E-state index in [1.165, 1.54) is 0 Å². The molecule has 0 aliphatic heterocycles. The van der Waals surface area contributed by atoms with Crippen LogP contribution in [0.4, 0.5) is 0 Å². The van der Waals surface area contributed by atoms with Crippen molar-refractivity contribution in [3.63, 3.8) is 0 Å². The molecule has 0 radical (unpaired) electrons. The maximum atomic E-state index is 5.31. The van der Waals surface area contributed by atoms with Gasteiger partial charge in [0.05, 0.1) is 33.8 Å². The highest BCUT2D eigenvalue weighted by molar-refractivity contribution is 6.39. The van der Waals surface area contributed by atoms with Crippen molar-refractivity contribution in [3.8, 4) is 190 Å². The molecule has 0 amide bonds. The average molecular weight is 1850 g/mol. The lowest BCUT2D eigenvalue weighted by molar-refractivity contribution is 1.27. The lowest BCUT2D eigenvalue weighted by Gasteiger charge is -2.20. The molecule has 6 nitrogen and oxygen atoms in total. The molecule has 20 aromatic carbocycles. The van der Waals surface area contributed by atoms with E-state index < -0.39 is 0 Å². The molecule has 0 spiro atoms. The summed E-state index contributed by atoms with van der Waals surface area (Å²) in [5, 5.41) is 8.72. The Kier molecular flexibility index (Phi) is 23.0. The van der Waals surface area contributed by atoms with E-state index in [1.807, 2.05) is 55.1 Å². The van der Waals surface area contributed by atoms with Gasteiger partial charge in [-0.1, -0.05) is 395 Å². The first-order chi connectivity index (χ1) is 71.8. The molecular formula is C139H92N6. The second-order valence-electron chi connectivity index (χ2n) is 37.1. The predicted octanol–water partition coefficient (Wildman–Crippen LogP) is 36.8. The number of rotatable bonds is 22. The Bertz CT molecular complexity index is 9160. The molecule has 678 valence electrons. The minimum atomic E-state index is 0.858. The number of hydrogen-bond donors (Lipinski definition) is 0. The molecule has 0 atom stereocenters. The molecule has 6 heteroatoms. The van der Waals surface area contributed by atoms with E-state index in [2.05, 4.69) is 474 Å². The largest absolute Gasteiger partial charge is 0.256 e. The van der Waals surface area contributed by atoms with Crippen LogP contribution in [0.5, 0.6) is 0 Å². The smallest absolute Gasteiger partial charge is 0.116 e.